The summed E-state index contributed by atoms with van der Waals surface area (Å²) in [6, 6.07) is 18.0. The molecular formula is C25H22N2O6S. The van der Waals surface area contributed by atoms with Crippen molar-refractivity contribution in [1.82, 2.24) is 4.90 Å². The zero-order valence-corrected chi connectivity index (χ0v) is 19.1. The number of thioether (sulfide) groups is 1. The predicted octanol–water partition coefficient (Wildman–Crippen LogP) is 2.62. The van der Waals surface area contributed by atoms with Crippen molar-refractivity contribution < 1.29 is 28.6 Å². The Balaban J connectivity index is 1.49. The van der Waals surface area contributed by atoms with Gasteiger partial charge in [0, 0.05) is 11.6 Å². The second-order valence-electron chi connectivity index (χ2n) is 8.06. The van der Waals surface area contributed by atoms with Crippen molar-refractivity contribution in [2.45, 2.75) is 30.7 Å². The number of benzene rings is 2. The normalized spacial score (nSPS) is 23.8. The van der Waals surface area contributed by atoms with Crippen LogP contribution in [0.4, 0.5) is 0 Å². The largest absolute Gasteiger partial charge is 0.452 e. The van der Waals surface area contributed by atoms with Gasteiger partial charge in [-0.25, -0.2) is 9.59 Å². The number of amides is 1. The third-order valence-corrected chi connectivity index (χ3v) is 7.06. The van der Waals surface area contributed by atoms with Gasteiger partial charge in [0.05, 0.1) is 5.75 Å². The maximum Gasteiger partial charge on any atom is 0.359 e. The number of rotatable bonds is 6. The highest BCUT2D eigenvalue weighted by Gasteiger charge is 2.53. The van der Waals surface area contributed by atoms with Crippen LogP contribution in [0.15, 0.2) is 83.8 Å². The van der Waals surface area contributed by atoms with Crippen LogP contribution in [0, 0.1) is 0 Å². The van der Waals surface area contributed by atoms with E-state index in [-0.39, 0.29) is 17.2 Å². The van der Waals surface area contributed by atoms with Crippen LogP contribution in [0.2, 0.25) is 0 Å². The van der Waals surface area contributed by atoms with Crippen molar-refractivity contribution in [2.24, 2.45) is 5.73 Å². The summed E-state index contributed by atoms with van der Waals surface area (Å²) in [5.74, 6) is -1.13. The molecule has 2 aromatic carbocycles. The molecule has 1 amide bonds. The molecule has 2 N–H and O–H groups in total. The van der Waals surface area contributed by atoms with Gasteiger partial charge in [-0.1, -0.05) is 60.7 Å². The Labute approximate surface area is 200 Å². The molecule has 8 nitrogen and oxygen atoms in total. The number of ether oxygens (including phenoxy) is 3. The van der Waals surface area contributed by atoms with Gasteiger partial charge in [0.25, 0.3) is 6.29 Å². The molecule has 1 unspecified atom stereocenters. The molecule has 34 heavy (non-hydrogen) atoms. The van der Waals surface area contributed by atoms with E-state index in [1.165, 1.54) is 22.7 Å². The van der Waals surface area contributed by atoms with Gasteiger partial charge in [-0.2, -0.15) is 0 Å². The van der Waals surface area contributed by atoms with E-state index < -0.39 is 41.7 Å². The van der Waals surface area contributed by atoms with E-state index >= 15 is 0 Å². The summed E-state index contributed by atoms with van der Waals surface area (Å²) < 4.78 is 17.0. The first-order valence-corrected chi connectivity index (χ1v) is 11.8. The third kappa shape index (κ3) is 3.97. The van der Waals surface area contributed by atoms with Gasteiger partial charge in [-0.3, -0.25) is 9.69 Å². The van der Waals surface area contributed by atoms with E-state index in [1.54, 1.807) is 6.92 Å². The number of esters is 2. The number of nitrogens with zero attached hydrogens (tertiary/aromatic N) is 1. The molecule has 0 radical (unpaired) electrons. The molecule has 1 fully saturated rings. The fourth-order valence-electron chi connectivity index (χ4n) is 4.02. The van der Waals surface area contributed by atoms with Gasteiger partial charge in [-0.15, -0.1) is 11.8 Å². The van der Waals surface area contributed by atoms with E-state index in [9.17, 15) is 14.4 Å². The first-order chi connectivity index (χ1) is 16.4. The smallest absolute Gasteiger partial charge is 0.359 e. The number of hydrogen-bond donors (Lipinski definition) is 1. The fourth-order valence-corrected chi connectivity index (χ4v) is 5.23. The van der Waals surface area contributed by atoms with Crippen LogP contribution in [0.5, 0.6) is 0 Å². The van der Waals surface area contributed by atoms with E-state index in [1.807, 2.05) is 60.7 Å². The molecule has 0 aromatic heterocycles. The van der Waals surface area contributed by atoms with Crippen LogP contribution in [-0.4, -0.2) is 46.2 Å². The molecule has 5 rings (SSSR count). The molecule has 9 heteroatoms. The Morgan fingerprint density at radius 1 is 1.09 bits per heavy atom. The van der Waals surface area contributed by atoms with Crippen molar-refractivity contribution in [3.05, 3.63) is 94.9 Å². The lowest BCUT2D eigenvalue weighted by Gasteiger charge is -2.48. The number of nitrogens with two attached hydrogens (primary N) is 1. The van der Waals surface area contributed by atoms with Crippen LogP contribution in [0.1, 0.15) is 24.2 Å². The third-order valence-electron chi connectivity index (χ3n) is 5.79. The minimum atomic E-state index is -0.980. The summed E-state index contributed by atoms with van der Waals surface area (Å²) in [5.41, 5.74) is 7.92. The highest BCUT2D eigenvalue weighted by atomic mass is 32.2. The predicted molar refractivity (Wildman–Crippen MR) is 124 cm³/mol. The lowest BCUT2D eigenvalue weighted by molar-refractivity contribution is -0.157. The number of β-lactam (4-membered cyclic amide) rings is 1. The highest BCUT2D eigenvalue weighted by molar-refractivity contribution is 8.00. The van der Waals surface area contributed by atoms with Crippen LogP contribution in [0.25, 0.3) is 0 Å². The molecule has 0 saturated carbocycles. The van der Waals surface area contributed by atoms with E-state index in [0.717, 1.165) is 11.1 Å². The number of fused-ring (bicyclic) bond motifs is 1. The molecule has 3 aliphatic rings. The van der Waals surface area contributed by atoms with Gasteiger partial charge in [0.2, 0.25) is 5.91 Å². The van der Waals surface area contributed by atoms with Gasteiger partial charge >= 0.3 is 11.9 Å². The van der Waals surface area contributed by atoms with Crippen molar-refractivity contribution in [1.29, 1.82) is 0 Å². The highest BCUT2D eigenvalue weighted by Crippen LogP contribution is 2.41. The van der Waals surface area contributed by atoms with Gasteiger partial charge in [0.15, 0.2) is 11.8 Å². The molecule has 3 heterocycles. The summed E-state index contributed by atoms with van der Waals surface area (Å²) in [4.78, 5) is 39.3. The minimum Gasteiger partial charge on any atom is -0.452 e. The maximum atomic E-state index is 13.6. The SMILES string of the molecule is CC1=CC(OC2=C(C(=O)OC(c3ccccc3)c3ccccc3)N3C(=O)[C@@H](N)[C@H]3SC2)OC1=O. The quantitative estimate of drug-likeness (QED) is 0.499. The molecule has 1 saturated heterocycles. The van der Waals surface area contributed by atoms with Gasteiger partial charge in [0.1, 0.15) is 17.2 Å². The molecule has 0 spiro atoms. The summed E-state index contributed by atoms with van der Waals surface area (Å²) in [7, 11) is 0. The van der Waals surface area contributed by atoms with Gasteiger partial charge < -0.3 is 19.9 Å². The lowest BCUT2D eigenvalue weighted by atomic mass is 10.0. The Kier molecular flexibility index (Phi) is 5.89. The fraction of sp³-hybridized carbons (Fsp3) is 0.240. The molecule has 2 aromatic rings. The minimum absolute atomic E-state index is 0.0127. The summed E-state index contributed by atoms with van der Waals surface area (Å²) in [6.45, 7) is 1.61. The Hall–Kier alpha value is -3.56. The Morgan fingerprint density at radius 3 is 2.26 bits per heavy atom. The molecule has 3 aliphatic heterocycles. The summed E-state index contributed by atoms with van der Waals surface area (Å²) in [6.07, 6.45) is -0.158. The maximum absolute atomic E-state index is 13.6. The standard InChI is InChI=1S/C25H22N2O6S/c1-14-12-18(32-24(14)29)31-17-13-34-23-19(26)22(28)27(23)20(17)25(30)33-21(15-8-4-2-5-9-15)16-10-6-3-7-11-16/h2-12,18-19,21,23H,13,26H2,1H3/t18?,19-,23-/m1/s1. The second-order valence-corrected chi connectivity index (χ2v) is 9.16. The molecule has 0 bridgehead atoms. The van der Waals surface area contributed by atoms with Gasteiger partial charge in [-0.05, 0) is 18.1 Å². The number of carbonyl (C=O) groups excluding carboxylic acids is 3. The molecular weight excluding hydrogens is 456 g/mol. The van der Waals surface area contributed by atoms with Crippen molar-refractivity contribution >= 4 is 29.6 Å². The topological polar surface area (TPSA) is 108 Å². The first kappa shape index (κ1) is 22.2. The van der Waals surface area contributed by atoms with E-state index in [0.29, 0.717) is 5.57 Å². The average Bonchev–Trinajstić information content (AvgIpc) is 3.18. The summed E-state index contributed by atoms with van der Waals surface area (Å²) in [5, 5.41) is -0.391. The van der Waals surface area contributed by atoms with Crippen LogP contribution in [0.3, 0.4) is 0 Å². The zero-order chi connectivity index (χ0) is 23.8. The molecule has 174 valence electrons. The van der Waals surface area contributed by atoms with Crippen LogP contribution < -0.4 is 5.73 Å². The first-order valence-electron chi connectivity index (χ1n) is 10.7. The van der Waals surface area contributed by atoms with Crippen molar-refractivity contribution in [3.63, 3.8) is 0 Å². The van der Waals surface area contributed by atoms with Crippen LogP contribution >= 0.6 is 11.8 Å². The average molecular weight is 479 g/mol. The Bertz CT molecular complexity index is 1160. The Morgan fingerprint density at radius 2 is 1.71 bits per heavy atom. The monoisotopic (exact) mass is 478 g/mol. The number of carbonyl (C=O) groups is 3. The van der Waals surface area contributed by atoms with Crippen molar-refractivity contribution in [2.75, 3.05) is 5.75 Å². The van der Waals surface area contributed by atoms with E-state index in [2.05, 4.69) is 0 Å². The van der Waals surface area contributed by atoms with E-state index in [4.69, 9.17) is 19.9 Å². The molecule has 0 aliphatic carbocycles. The lowest BCUT2D eigenvalue weighted by Crippen LogP contribution is -2.68. The van der Waals surface area contributed by atoms with Crippen LogP contribution in [-0.2, 0) is 28.6 Å². The zero-order valence-electron chi connectivity index (χ0n) is 18.2. The molecule has 3 atom stereocenters. The summed E-state index contributed by atoms with van der Waals surface area (Å²) >= 11 is 1.38. The number of cyclic esters (lactones) is 1. The number of hydrogen-bond acceptors (Lipinski definition) is 8. The second kappa shape index (κ2) is 9.00. The van der Waals surface area contributed by atoms with Crippen molar-refractivity contribution in [3.8, 4) is 0 Å².